The number of nitrogens with one attached hydrogen (secondary N) is 1. The van der Waals surface area contributed by atoms with Crippen LogP contribution in [0.2, 0.25) is 10.0 Å². The fourth-order valence-electron chi connectivity index (χ4n) is 1.66. The summed E-state index contributed by atoms with van der Waals surface area (Å²) in [5.74, 6) is -0.444. The highest BCUT2D eigenvalue weighted by Gasteiger charge is 2.10. The van der Waals surface area contributed by atoms with Crippen LogP contribution in [0, 0.1) is 0 Å². The Kier molecular flexibility index (Phi) is 4.67. The van der Waals surface area contributed by atoms with Gasteiger partial charge in [-0.05, 0) is 30.3 Å². The predicted octanol–water partition coefficient (Wildman–Crippen LogP) is 3.34. The second-order valence-electron chi connectivity index (χ2n) is 4.14. The van der Waals surface area contributed by atoms with E-state index >= 15 is 0 Å². The number of oxime groups is 1. The second-order valence-corrected chi connectivity index (χ2v) is 4.99. The minimum atomic E-state index is -0.369. The lowest BCUT2D eigenvalue weighted by atomic mass is 10.1. The molecule has 0 aromatic heterocycles. The van der Waals surface area contributed by atoms with E-state index in [0.29, 0.717) is 26.9 Å². The first-order chi connectivity index (χ1) is 10.0. The highest BCUT2D eigenvalue weighted by atomic mass is 35.5. The van der Waals surface area contributed by atoms with Gasteiger partial charge in [-0.25, -0.2) is 0 Å². The van der Waals surface area contributed by atoms with E-state index in [1.54, 1.807) is 30.3 Å². The van der Waals surface area contributed by atoms with Gasteiger partial charge in [0.15, 0.2) is 5.84 Å². The average Bonchev–Trinajstić information content (AvgIpc) is 2.49. The first-order valence-electron chi connectivity index (χ1n) is 5.85. The lowest BCUT2D eigenvalue weighted by molar-refractivity contribution is 0.102. The summed E-state index contributed by atoms with van der Waals surface area (Å²) < 4.78 is 0. The molecule has 2 rings (SSSR count). The molecule has 0 spiro atoms. The third kappa shape index (κ3) is 3.65. The normalized spacial score (nSPS) is 11.2. The van der Waals surface area contributed by atoms with Crippen molar-refractivity contribution in [1.29, 1.82) is 0 Å². The van der Waals surface area contributed by atoms with Gasteiger partial charge in [0.05, 0.1) is 10.7 Å². The average molecular weight is 324 g/mol. The van der Waals surface area contributed by atoms with Gasteiger partial charge in [0.1, 0.15) is 0 Å². The van der Waals surface area contributed by atoms with Crippen LogP contribution in [0.25, 0.3) is 0 Å². The Hall–Kier alpha value is -2.24. The van der Waals surface area contributed by atoms with Crippen molar-refractivity contribution in [2.45, 2.75) is 0 Å². The highest BCUT2D eigenvalue weighted by Crippen LogP contribution is 2.25. The number of carbonyl (C=O) groups excluding carboxylic acids is 1. The molecular formula is C14H11Cl2N3O2. The Balaban J connectivity index is 2.24. The first kappa shape index (κ1) is 15.2. The van der Waals surface area contributed by atoms with Crippen molar-refractivity contribution in [1.82, 2.24) is 0 Å². The number of benzene rings is 2. The summed E-state index contributed by atoms with van der Waals surface area (Å²) in [4.78, 5) is 12.2. The van der Waals surface area contributed by atoms with Crippen molar-refractivity contribution in [2.75, 3.05) is 5.32 Å². The highest BCUT2D eigenvalue weighted by molar-refractivity contribution is 6.36. The van der Waals surface area contributed by atoms with Crippen LogP contribution >= 0.6 is 23.2 Å². The predicted molar refractivity (Wildman–Crippen MR) is 83.4 cm³/mol. The van der Waals surface area contributed by atoms with Crippen LogP contribution in [-0.4, -0.2) is 17.0 Å². The molecule has 0 aliphatic rings. The maximum absolute atomic E-state index is 12.2. The third-order valence-corrected chi connectivity index (χ3v) is 3.26. The molecule has 0 saturated heterocycles. The van der Waals surface area contributed by atoms with Gasteiger partial charge in [0.25, 0.3) is 5.91 Å². The fraction of sp³-hybridized carbons (Fsp3) is 0. The molecular weight excluding hydrogens is 313 g/mol. The van der Waals surface area contributed by atoms with Gasteiger partial charge < -0.3 is 16.3 Å². The summed E-state index contributed by atoms with van der Waals surface area (Å²) >= 11 is 11.8. The van der Waals surface area contributed by atoms with Crippen molar-refractivity contribution in [3.8, 4) is 0 Å². The monoisotopic (exact) mass is 323 g/mol. The van der Waals surface area contributed by atoms with Gasteiger partial charge in [-0.15, -0.1) is 0 Å². The van der Waals surface area contributed by atoms with Gasteiger partial charge in [-0.2, -0.15) is 0 Å². The van der Waals surface area contributed by atoms with Gasteiger partial charge in [0.2, 0.25) is 0 Å². The Labute approximate surface area is 131 Å². The van der Waals surface area contributed by atoms with Gasteiger partial charge in [0, 0.05) is 16.1 Å². The van der Waals surface area contributed by atoms with E-state index in [1.807, 2.05) is 0 Å². The van der Waals surface area contributed by atoms with E-state index in [-0.39, 0.29) is 11.7 Å². The van der Waals surface area contributed by atoms with E-state index in [1.165, 1.54) is 12.1 Å². The summed E-state index contributed by atoms with van der Waals surface area (Å²) in [7, 11) is 0. The molecule has 7 heteroatoms. The maximum Gasteiger partial charge on any atom is 0.255 e. The minimum Gasteiger partial charge on any atom is -0.409 e. The molecule has 0 radical (unpaired) electrons. The number of anilines is 1. The molecule has 5 nitrogen and oxygen atoms in total. The maximum atomic E-state index is 12.2. The molecule has 0 fully saturated rings. The molecule has 0 heterocycles. The molecule has 21 heavy (non-hydrogen) atoms. The standard InChI is InChI=1S/C14H11Cl2N3O2/c15-10-4-5-12(11(16)7-10)18-14(20)9-3-1-2-8(6-9)13(17)19-21/h1-7,21H,(H2,17,19)(H,18,20). The summed E-state index contributed by atoms with van der Waals surface area (Å²) in [6.45, 7) is 0. The molecule has 1 amide bonds. The van der Waals surface area contributed by atoms with Crippen LogP contribution < -0.4 is 11.1 Å². The number of amidine groups is 1. The van der Waals surface area contributed by atoms with Crippen LogP contribution in [0.3, 0.4) is 0 Å². The van der Waals surface area contributed by atoms with E-state index < -0.39 is 0 Å². The van der Waals surface area contributed by atoms with E-state index in [4.69, 9.17) is 34.1 Å². The molecule has 0 aliphatic carbocycles. The first-order valence-corrected chi connectivity index (χ1v) is 6.61. The third-order valence-electron chi connectivity index (χ3n) is 2.71. The molecule has 0 unspecified atom stereocenters. The molecule has 4 N–H and O–H groups in total. The van der Waals surface area contributed by atoms with E-state index in [0.717, 1.165) is 0 Å². The smallest absolute Gasteiger partial charge is 0.255 e. The number of amides is 1. The zero-order chi connectivity index (χ0) is 15.4. The summed E-state index contributed by atoms with van der Waals surface area (Å²) in [6, 6.07) is 11.1. The van der Waals surface area contributed by atoms with Crippen molar-refractivity contribution >= 4 is 40.6 Å². The Morgan fingerprint density at radius 2 is 1.86 bits per heavy atom. The van der Waals surface area contributed by atoms with Crippen LogP contribution in [0.1, 0.15) is 15.9 Å². The SMILES string of the molecule is N/C(=N\O)c1cccc(C(=O)Nc2ccc(Cl)cc2Cl)c1. The largest absolute Gasteiger partial charge is 0.409 e. The number of carbonyl (C=O) groups is 1. The number of halogens is 2. The van der Waals surface area contributed by atoms with Gasteiger partial charge in [-0.3, -0.25) is 4.79 Å². The zero-order valence-corrected chi connectivity index (χ0v) is 12.2. The number of nitrogens with two attached hydrogens (primary N) is 1. The summed E-state index contributed by atoms with van der Waals surface area (Å²) in [6.07, 6.45) is 0. The van der Waals surface area contributed by atoms with Crippen LogP contribution in [0.5, 0.6) is 0 Å². The Morgan fingerprint density at radius 3 is 2.52 bits per heavy atom. The van der Waals surface area contributed by atoms with E-state index in [9.17, 15) is 4.79 Å². The number of rotatable bonds is 3. The Bertz CT molecular complexity index is 717. The summed E-state index contributed by atoms with van der Waals surface area (Å²) in [5.41, 5.74) is 6.72. The number of hydrogen-bond donors (Lipinski definition) is 3. The topological polar surface area (TPSA) is 87.7 Å². The zero-order valence-electron chi connectivity index (χ0n) is 10.7. The molecule has 0 saturated carbocycles. The van der Waals surface area contributed by atoms with Gasteiger partial charge in [-0.1, -0.05) is 40.5 Å². The second kappa shape index (κ2) is 6.47. The van der Waals surface area contributed by atoms with Gasteiger partial charge >= 0.3 is 0 Å². The molecule has 2 aromatic rings. The summed E-state index contributed by atoms with van der Waals surface area (Å²) in [5, 5.41) is 15.0. The van der Waals surface area contributed by atoms with Crippen molar-refractivity contribution in [3.05, 3.63) is 63.6 Å². The lowest BCUT2D eigenvalue weighted by Crippen LogP contribution is -2.16. The Morgan fingerprint density at radius 1 is 1.14 bits per heavy atom. The van der Waals surface area contributed by atoms with Crippen molar-refractivity contribution in [2.24, 2.45) is 10.9 Å². The molecule has 108 valence electrons. The molecule has 0 atom stereocenters. The lowest BCUT2D eigenvalue weighted by Gasteiger charge is -2.08. The number of hydrogen-bond acceptors (Lipinski definition) is 3. The number of nitrogens with zero attached hydrogens (tertiary/aromatic N) is 1. The van der Waals surface area contributed by atoms with Crippen molar-refractivity contribution < 1.29 is 10.0 Å². The minimum absolute atomic E-state index is 0.0748. The van der Waals surface area contributed by atoms with E-state index in [2.05, 4.69) is 10.5 Å². The molecule has 2 aromatic carbocycles. The molecule has 0 bridgehead atoms. The fourth-order valence-corrected chi connectivity index (χ4v) is 2.12. The van der Waals surface area contributed by atoms with Crippen molar-refractivity contribution in [3.63, 3.8) is 0 Å². The quantitative estimate of drug-likeness (QED) is 0.350. The van der Waals surface area contributed by atoms with Crippen LogP contribution in [-0.2, 0) is 0 Å². The molecule has 0 aliphatic heterocycles. The van der Waals surface area contributed by atoms with Crippen LogP contribution in [0.15, 0.2) is 47.6 Å². The van der Waals surface area contributed by atoms with Crippen LogP contribution in [0.4, 0.5) is 5.69 Å².